The Labute approximate surface area is 325 Å². The maximum atomic E-state index is 14.7. The van der Waals surface area contributed by atoms with Crippen LogP contribution in [-0.4, -0.2) is 43.6 Å². The lowest BCUT2D eigenvalue weighted by Gasteiger charge is -2.31. The lowest BCUT2D eigenvalue weighted by Crippen LogP contribution is -2.40. The zero-order valence-corrected chi connectivity index (χ0v) is 30.0. The number of amides is 4. The second-order valence-electron chi connectivity index (χ2n) is 14.8. The predicted molar refractivity (Wildman–Crippen MR) is 224 cm³/mol. The molecule has 10 heteroatoms. The molecule has 2 aliphatic heterocycles. The lowest BCUT2D eigenvalue weighted by atomic mass is 9.82. The molecule has 2 aliphatic rings. The first-order valence-electron chi connectivity index (χ1n) is 18.7. The molecular formula is C48H22N6O4. The highest BCUT2D eigenvalue weighted by Crippen LogP contribution is 2.48. The van der Waals surface area contributed by atoms with Gasteiger partial charge >= 0.3 is 0 Å². The number of pyridine rings is 4. The molecule has 58 heavy (non-hydrogen) atoms. The fourth-order valence-electron chi connectivity index (χ4n) is 9.59. The molecule has 10 nitrogen and oxygen atoms in total. The third-order valence-electron chi connectivity index (χ3n) is 12.0. The van der Waals surface area contributed by atoms with Crippen LogP contribution in [-0.2, 0) is 0 Å². The Morgan fingerprint density at radius 2 is 0.655 bits per heavy atom. The number of fused-ring (bicyclic) bond motifs is 8. The molecule has 0 N–H and O–H groups in total. The number of hydrogen-bond acceptors (Lipinski definition) is 8. The third kappa shape index (κ3) is 3.71. The molecule has 0 radical (unpaired) electrons. The van der Waals surface area contributed by atoms with Gasteiger partial charge in [-0.2, -0.15) is 0 Å². The van der Waals surface area contributed by atoms with Crippen molar-refractivity contribution in [2.24, 2.45) is 0 Å². The first kappa shape index (κ1) is 31.0. The molecule has 0 saturated heterocycles. The first-order chi connectivity index (χ1) is 28.5. The van der Waals surface area contributed by atoms with Gasteiger partial charge in [-0.05, 0) is 105 Å². The number of nitrogens with zero attached hydrogens (tertiary/aromatic N) is 6. The number of rotatable bonds is 2. The van der Waals surface area contributed by atoms with E-state index in [4.69, 9.17) is 0 Å². The summed E-state index contributed by atoms with van der Waals surface area (Å²) >= 11 is 0. The van der Waals surface area contributed by atoms with Gasteiger partial charge < -0.3 is 0 Å². The minimum Gasteiger partial charge on any atom is -0.268 e. The lowest BCUT2D eigenvalue weighted by molar-refractivity contribution is 0.0878. The monoisotopic (exact) mass is 746 g/mol. The molecule has 268 valence electrons. The van der Waals surface area contributed by atoms with Crippen molar-refractivity contribution >= 4 is 122 Å². The maximum absolute atomic E-state index is 14.7. The zero-order chi connectivity index (χ0) is 38.6. The van der Waals surface area contributed by atoms with Crippen LogP contribution in [0.5, 0.6) is 0 Å². The van der Waals surface area contributed by atoms with E-state index in [1.54, 1.807) is 61.2 Å². The summed E-state index contributed by atoms with van der Waals surface area (Å²) in [4.78, 5) is 79.4. The Morgan fingerprint density at radius 1 is 0.328 bits per heavy atom. The number of carbonyl (C=O) groups excluding carboxylic acids is 4. The molecule has 0 spiro atoms. The molecule has 11 aromatic rings. The quantitative estimate of drug-likeness (QED) is 0.0973. The number of anilines is 2. The second-order valence-corrected chi connectivity index (χ2v) is 14.8. The topological polar surface area (TPSA) is 126 Å². The Morgan fingerprint density at radius 3 is 1.02 bits per heavy atom. The molecule has 4 aromatic heterocycles. The van der Waals surface area contributed by atoms with Crippen molar-refractivity contribution in [3.05, 3.63) is 156 Å². The van der Waals surface area contributed by atoms with E-state index in [9.17, 15) is 19.2 Å². The summed E-state index contributed by atoms with van der Waals surface area (Å²) < 4.78 is 0. The van der Waals surface area contributed by atoms with Crippen LogP contribution < -0.4 is 9.80 Å². The van der Waals surface area contributed by atoms with E-state index in [1.807, 2.05) is 72.8 Å². The van der Waals surface area contributed by atoms with E-state index >= 15 is 0 Å². The Hall–Kier alpha value is -8.24. The zero-order valence-electron chi connectivity index (χ0n) is 30.0. The average Bonchev–Trinajstić information content (AvgIpc) is 3.27. The minimum absolute atomic E-state index is 0.404. The van der Waals surface area contributed by atoms with Gasteiger partial charge in [0.05, 0.1) is 33.4 Å². The van der Waals surface area contributed by atoms with Gasteiger partial charge in [-0.25, -0.2) is 9.80 Å². The Balaban J connectivity index is 1.02. The van der Waals surface area contributed by atoms with E-state index in [1.165, 1.54) is 9.80 Å². The highest BCUT2D eigenvalue weighted by atomic mass is 16.2. The Bertz CT molecular complexity index is 3440. The van der Waals surface area contributed by atoms with Crippen LogP contribution >= 0.6 is 0 Å². The van der Waals surface area contributed by atoms with Crippen molar-refractivity contribution in [1.29, 1.82) is 0 Å². The van der Waals surface area contributed by atoms with Gasteiger partial charge in [-0.15, -0.1) is 0 Å². The van der Waals surface area contributed by atoms with E-state index in [0.29, 0.717) is 77.2 Å². The molecular weight excluding hydrogens is 725 g/mol. The van der Waals surface area contributed by atoms with Crippen LogP contribution in [0.15, 0.2) is 134 Å². The van der Waals surface area contributed by atoms with E-state index in [0.717, 1.165) is 43.1 Å². The fraction of sp³-hybridized carbons (Fsp3) is 0. The SMILES string of the molecule is O=C1c2ccc3c4ccc5c6c(ccc(c7ccc(c2c37)C(=O)N1c1cc2cccnc2c2ncccc12)c64)C(=O)N(c1cc2cccnc2c2ncccc12)C5=O. The van der Waals surface area contributed by atoms with Crippen molar-refractivity contribution in [3.63, 3.8) is 0 Å². The van der Waals surface area contributed by atoms with Gasteiger partial charge in [0, 0.05) is 79.4 Å². The summed E-state index contributed by atoms with van der Waals surface area (Å²) in [5.41, 5.74) is 5.07. The molecule has 0 atom stereocenters. The molecule has 7 aromatic carbocycles. The van der Waals surface area contributed by atoms with Crippen molar-refractivity contribution in [3.8, 4) is 0 Å². The van der Waals surface area contributed by atoms with Crippen molar-refractivity contribution in [2.45, 2.75) is 0 Å². The highest BCUT2D eigenvalue weighted by Gasteiger charge is 2.39. The summed E-state index contributed by atoms with van der Waals surface area (Å²) in [5.74, 6) is -1.74. The van der Waals surface area contributed by atoms with Crippen LogP contribution in [0.2, 0.25) is 0 Å². The van der Waals surface area contributed by atoms with Crippen LogP contribution in [0.3, 0.4) is 0 Å². The Kier molecular flexibility index (Phi) is 5.74. The number of imide groups is 2. The first-order valence-corrected chi connectivity index (χ1v) is 18.7. The summed E-state index contributed by atoms with van der Waals surface area (Å²) in [6, 6.07) is 33.1. The van der Waals surface area contributed by atoms with Crippen molar-refractivity contribution in [2.75, 3.05) is 9.80 Å². The van der Waals surface area contributed by atoms with Gasteiger partial charge in [0.25, 0.3) is 23.6 Å². The highest BCUT2D eigenvalue weighted by molar-refractivity contribution is 6.46. The van der Waals surface area contributed by atoms with Gasteiger partial charge in [-0.1, -0.05) is 36.4 Å². The molecule has 0 fully saturated rings. The average molecular weight is 747 g/mol. The van der Waals surface area contributed by atoms with Gasteiger partial charge in [-0.3, -0.25) is 39.1 Å². The van der Waals surface area contributed by atoms with Gasteiger partial charge in [0.15, 0.2) is 0 Å². The molecule has 13 rings (SSSR count). The van der Waals surface area contributed by atoms with Crippen molar-refractivity contribution in [1.82, 2.24) is 19.9 Å². The largest absolute Gasteiger partial charge is 0.268 e. The van der Waals surface area contributed by atoms with Crippen LogP contribution in [0.4, 0.5) is 11.4 Å². The van der Waals surface area contributed by atoms with E-state index < -0.39 is 23.6 Å². The second kappa shape index (κ2) is 10.7. The van der Waals surface area contributed by atoms with E-state index in [2.05, 4.69) is 19.9 Å². The maximum Gasteiger partial charge on any atom is 0.266 e. The predicted octanol–water partition coefficient (Wildman–Crippen LogP) is 9.53. The number of hydrogen-bond donors (Lipinski definition) is 0. The minimum atomic E-state index is -0.436. The normalized spacial score (nSPS) is 14.3. The molecule has 0 aliphatic carbocycles. The van der Waals surface area contributed by atoms with Crippen molar-refractivity contribution < 1.29 is 19.2 Å². The number of carbonyl (C=O) groups is 4. The molecule has 0 bridgehead atoms. The molecule has 6 heterocycles. The third-order valence-corrected chi connectivity index (χ3v) is 12.0. The molecule has 0 unspecified atom stereocenters. The van der Waals surface area contributed by atoms with Gasteiger partial charge in [0.2, 0.25) is 0 Å². The van der Waals surface area contributed by atoms with Gasteiger partial charge in [0.1, 0.15) is 0 Å². The smallest absolute Gasteiger partial charge is 0.266 e. The van der Waals surface area contributed by atoms with Crippen LogP contribution in [0.25, 0.3) is 86.7 Å². The summed E-state index contributed by atoms with van der Waals surface area (Å²) in [6.07, 6.45) is 6.75. The summed E-state index contributed by atoms with van der Waals surface area (Å²) in [5, 5.41) is 8.77. The standard InChI is InChI=1S/C48H22N6O4/c55-45-31-13-9-25-27-11-15-33-40-34(48(58)54(47(33)57)36-22-24-6-2-18-50-42(24)44-30(36)8-4-20-52-44)16-12-28(38(27)40)26-10-14-32(39(31)37(25)26)46(56)53(45)35-21-23-5-1-17-49-41(23)43-29(35)7-3-19-51-43/h1-22H. The summed E-state index contributed by atoms with van der Waals surface area (Å²) in [6.45, 7) is 0. The van der Waals surface area contributed by atoms with E-state index in [-0.39, 0.29) is 0 Å². The molecule has 4 amide bonds. The fourth-order valence-corrected chi connectivity index (χ4v) is 9.59. The van der Waals surface area contributed by atoms with Crippen LogP contribution in [0.1, 0.15) is 41.4 Å². The van der Waals surface area contributed by atoms with Crippen LogP contribution in [0, 0.1) is 0 Å². The number of aromatic nitrogens is 4. The molecule has 0 saturated carbocycles. The summed E-state index contributed by atoms with van der Waals surface area (Å²) in [7, 11) is 0. The number of benzene rings is 7.